The lowest BCUT2D eigenvalue weighted by Crippen LogP contribution is -2.37. The Hall–Kier alpha value is -1.41. The summed E-state index contributed by atoms with van der Waals surface area (Å²) in [5.41, 5.74) is 1.28. The van der Waals surface area contributed by atoms with E-state index < -0.39 is 17.4 Å². The maximum atomic E-state index is 13.4. The molecule has 0 saturated carbocycles. The molecule has 1 aromatic carbocycles. The number of carbonyl (C=O) groups excluding carboxylic acids is 2. The minimum Gasteiger partial charge on any atom is -0.393 e. The molecule has 1 N–H and O–H groups in total. The Balaban J connectivity index is 3.03. The fourth-order valence-corrected chi connectivity index (χ4v) is 5.76. The normalized spacial score (nSPS) is 13.9. The third-order valence-electron chi connectivity index (χ3n) is 7.24. The Kier molecular flexibility index (Phi) is 17.9. The molecule has 0 heterocycles. The summed E-state index contributed by atoms with van der Waals surface area (Å²) in [4.78, 5) is 26.9. The Morgan fingerprint density at radius 2 is 1.71 bits per heavy atom. The van der Waals surface area contributed by atoms with Crippen LogP contribution in [0.2, 0.25) is 0 Å². The summed E-state index contributed by atoms with van der Waals surface area (Å²) in [6.45, 7) is 13.0. The van der Waals surface area contributed by atoms with Gasteiger partial charge in [0.1, 0.15) is 0 Å². The number of hydrogen-bond acceptors (Lipinski definition) is 7. The van der Waals surface area contributed by atoms with Crippen LogP contribution in [-0.2, 0) is 36.8 Å². The van der Waals surface area contributed by atoms with E-state index in [1.807, 2.05) is 33.8 Å². The molecule has 1 aromatic rings. The first-order chi connectivity index (χ1) is 18.3. The highest BCUT2D eigenvalue weighted by molar-refractivity contribution is 7.99. The molecule has 1 rings (SSSR count). The molecule has 218 valence electrons. The molecular weight excluding hydrogens is 500 g/mol. The van der Waals surface area contributed by atoms with Crippen LogP contribution in [0.5, 0.6) is 0 Å². The van der Waals surface area contributed by atoms with Gasteiger partial charge < -0.3 is 19.3 Å². The minimum atomic E-state index is -0.744. The molecule has 0 aromatic heterocycles. The van der Waals surface area contributed by atoms with Gasteiger partial charge >= 0.3 is 11.9 Å². The van der Waals surface area contributed by atoms with Crippen LogP contribution in [-0.4, -0.2) is 42.3 Å². The fourth-order valence-electron chi connectivity index (χ4n) is 4.31. The quantitative estimate of drug-likeness (QED) is 0.0557. The highest BCUT2D eigenvalue weighted by atomic mass is 32.2. The van der Waals surface area contributed by atoms with Crippen LogP contribution < -0.4 is 0 Å². The lowest BCUT2D eigenvalue weighted by molar-refractivity contribution is -0.169. The monoisotopic (exact) mass is 552 g/mol. The second-order valence-electron chi connectivity index (χ2n) is 10.1. The fraction of sp³-hybridized carbons (Fsp3) is 0.742. The van der Waals surface area contributed by atoms with Crippen molar-refractivity contribution in [1.29, 1.82) is 0 Å². The van der Waals surface area contributed by atoms with Gasteiger partial charge in [0.2, 0.25) is 0 Å². The molecule has 2 unspecified atom stereocenters. The van der Waals surface area contributed by atoms with Crippen molar-refractivity contribution < 1.29 is 28.9 Å². The van der Waals surface area contributed by atoms with Gasteiger partial charge in [-0.2, -0.15) is 0 Å². The number of thioether (sulfide) groups is 1. The van der Waals surface area contributed by atoms with E-state index in [0.29, 0.717) is 38.2 Å². The molecular formula is C31H52O6S. The van der Waals surface area contributed by atoms with Gasteiger partial charge in [-0.3, -0.25) is 9.59 Å². The molecule has 0 aliphatic heterocycles. The van der Waals surface area contributed by atoms with Crippen molar-refractivity contribution in [2.24, 2.45) is 11.3 Å². The number of aliphatic hydroxyl groups is 1. The minimum absolute atomic E-state index is 0.0636. The zero-order chi connectivity index (χ0) is 28.4. The van der Waals surface area contributed by atoms with E-state index in [4.69, 9.17) is 14.2 Å². The van der Waals surface area contributed by atoms with Crippen molar-refractivity contribution in [3.05, 3.63) is 29.3 Å². The average Bonchev–Trinajstić information content (AvgIpc) is 2.92. The molecule has 0 bridgehead atoms. The standard InChI is InChI=1S/C31H52O6S/c1-7-12-13-14-20-31(9-3,30(34)37-29(33)24(6)8-2)23-38-27-21-25(18-19-26(27)22-32)16-15-17-28(35-10-4)36-11-5/h18-19,21,24,28,32H,7-17,20,22-23H2,1-6H3. The zero-order valence-electron chi connectivity index (χ0n) is 24.7. The van der Waals surface area contributed by atoms with Crippen molar-refractivity contribution >= 4 is 23.7 Å². The number of carbonyl (C=O) groups is 2. The number of rotatable bonds is 21. The third kappa shape index (κ3) is 11.8. The molecule has 2 atom stereocenters. The van der Waals surface area contributed by atoms with Crippen LogP contribution in [0.15, 0.2) is 23.1 Å². The second kappa shape index (κ2) is 19.6. The molecule has 0 spiro atoms. The molecule has 38 heavy (non-hydrogen) atoms. The highest BCUT2D eigenvalue weighted by Crippen LogP contribution is 2.39. The summed E-state index contributed by atoms with van der Waals surface area (Å²) in [5.74, 6) is -0.641. The first-order valence-corrected chi connectivity index (χ1v) is 15.6. The number of unbranched alkanes of at least 4 members (excludes halogenated alkanes) is 3. The molecule has 6 nitrogen and oxygen atoms in total. The molecule has 0 saturated heterocycles. The maximum Gasteiger partial charge on any atom is 0.320 e. The topological polar surface area (TPSA) is 82.1 Å². The van der Waals surface area contributed by atoms with Gasteiger partial charge in [-0.1, -0.05) is 65.5 Å². The molecule has 0 aliphatic carbocycles. The number of ether oxygens (including phenoxy) is 3. The second-order valence-corrected chi connectivity index (χ2v) is 11.1. The SMILES string of the molecule is CCCCCCC(CC)(CSc1cc(CCCC(OCC)OCC)ccc1CO)C(=O)OC(=O)C(C)CC. The van der Waals surface area contributed by atoms with E-state index in [1.54, 1.807) is 18.7 Å². The Morgan fingerprint density at radius 1 is 1.00 bits per heavy atom. The summed E-state index contributed by atoms with van der Waals surface area (Å²) in [6.07, 6.45) is 8.57. The summed E-state index contributed by atoms with van der Waals surface area (Å²) < 4.78 is 16.8. The van der Waals surface area contributed by atoms with Gasteiger partial charge in [0.05, 0.1) is 17.9 Å². The van der Waals surface area contributed by atoms with Gasteiger partial charge in [-0.25, -0.2) is 0 Å². The van der Waals surface area contributed by atoms with Gasteiger partial charge in [0.15, 0.2) is 6.29 Å². The van der Waals surface area contributed by atoms with E-state index >= 15 is 0 Å². The van der Waals surface area contributed by atoms with Crippen molar-refractivity contribution in [2.45, 2.75) is 124 Å². The van der Waals surface area contributed by atoms with Crippen LogP contribution in [0.25, 0.3) is 0 Å². The van der Waals surface area contributed by atoms with Crippen molar-refractivity contribution in [1.82, 2.24) is 0 Å². The first kappa shape index (κ1) is 34.6. The van der Waals surface area contributed by atoms with Crippen LogP contribution >= 0.6 is 11.8 Å². The number of benzene rings is 1. The third-order valence-corrected chi connectivity index (χ3v) is 8.63. The van der Waals surface area contributed by atoms with Crippen LogP contribution in [0, 0.1) is 11.3 Å². The van der Waals surface area contributed by atoms with Crippen LogP contribution in [0.3, 0.4) is 0 Å². The van der Waals surface area contributed by atoms with E-state index in [2.05, 4.69) is 19.1 Å². The Morgan fingerprint density at radius 3 is 2.29 bits per heavy atom. The van der Waals surface area contributed by atoms with Gasteiger partial charge in [0, 0.05) is 23.9 Å². The van der Waals surface area contributed by atoms with E-state index in [0.717, 1.165) is 55.4 Å². The maximum absolute atomic E-state index is 13.4. The van der Waals surface area contributed by atoms with Gasteiger partial charge in [-0.15, -0.1) is 11.8 Å². The highest BCUT2D eigenvalue weighted by Gasteiger charge is 2.39. The lowest BCUT2D eigenvalue weighted by Gasteiger charge is -2.30. The summed E-state index contributed by atoms with van der Waals surface area (Å²) in [5, 5.41) is 10.00. The summed E-state index contributed by atoms with van der Waals surface area (Å²) in [6, 6.07) is 6.16. The molecule has 0 amide bonds. The Bertz CT molecular complexity index is 808. The van der Waals surface area contributed by atoms with Crippen molar-refractivity contribution in [2.75, 3.05) is 19.0 Å². The van der Waals surface area contributed by atoms with Crippen molar-refractivity contribution in [3.8, 4) is 0 Å². The van der Waals surface area contributed by atoms with Crippen LogP contribution in [0.4, 0.5) is 0 Å². The van der Waals surface area contributed by atoms with E-state index in [-0.39, 0.29) is 18.8 Å². The predicted octanol–water partition coefficient (Wildman–Crippen LogP) is 7.48. The molecule has 0 aliphatic rings. The number of aryl methyl sites for hydroxylation is 1. The molecule has 0 radical (unpaired) electrons. The summed E-state index contributed by atoms with van der Waals surface area (Å²) >= 11 is 1.59. The van der Waals surface area contributed by atoms with Gasteiger partial charge in [0.25, 0.3) is 0 Å². The van der Waals surface area contributed by atoms with Crippen LogP contribution in [0.1, 0.15) is 110 Å². The smallest absolute Gasteiger partial charge is 0.320 e. The van der Waals surface area contributed by atoms with Gasteiger partial charge in [-0.05, 0) is 69.6 Å². The molecule has 7 heteroatoms. The number of hydrogen-bond donors (Lipinski definition) is 1. The lowest BCUT2D eigenvalue weighted by atomic mass is 9.81. The molecule has 0 fully saturated rings. The predicted molar refractivity (Wildman–Crippen MR) is 155 cm³/mol. The first-order valence-electron chi connectivity index (χ1n) is 14.6. The number of esters is 2. The van der Waals surface area contributed by atoms with E-state index in [1.165, 1.54) is 5.56 Å². The van der Waals surface area contributed by atoms with Crippen molar-refractivity contribution in [3.63, 3.8) is 0 Å². The largest absolute Gasteiger partial charge is 0.393 e. The number of aliphatic hydroxyl groups excluding tert-OH is 1. The average molecular weight is 553 g/mol. The van der Waals surface area contributed by atoms with E-state index in [9.17, 15) is 14.7 Å². The summed E-state index contributed by atoms with van der Waals surface area (Å²) in [7, 11) is 0. The zero-order valence-corrected chi connectivity index (χ0v) is 25.5. The Labute approximate surface area is 235 Å².